The minimum absolute atomic E-state index is 0.0471. The molecule has 1 atom stereocenters. The van der Waals surface area contributed by atoms with Crippen molar-refractivity contribution in [2.45, 2.75) is 31.9 Å². The van der Waals surface area contributed by atoms with Gasteiger partial charge in [0.25, 0.3) is 0 Å². The number of hydrogen-bond donors (Lipinski definition) is 2. The fraction of sp³-hybridized carbons (Fsp3) is 0.353. The lowest BCUT2D eigenvalue weighted by molar-refractivity contribution is -0.116. The number of hydrogen-bond acceptors (Lipinski definition) is 4. The molecule has 0 radical (unpaired) electrons. The number of ether oxygens (including phenoxy) is 1. The third-order valence-corrected chi connectivity index (χ3v) is 4.66. The number of anilines is 1. The van der Waals surface area contributed by atoms with Gasteiger partial charge in [0, 0.05) is 41.7 Å². The van der Waals surface area contributed by atoms with Gasteiger partial charge in [0.15, 0.2) is 5.82 Å². The van der Waals surface area contributed by atoms with E-state index in [0.717, 1.165) is 30.4 Å². The van der Waals surface area contributed by atoms with Gasteiger partial charge in [-0.2, -0.15) is 4.98 Å². The second-order valence-electron chi connectivity index (χ2n) is 6.03. The first kappa shape index (κ1) is 16.1. The fourth-order valence-corrected chi connectivity index (χ4v) is 3.29. The zero-order valence-corrected chi connectivity index (χ0v) is 14.3. The van der Waals surface area contributed by atoms with Crippen LogP contribution >= 0.6 is 11.6 Å². The lowest BCUT2D eigenvalue weighted by Gasteiger charge is -2.06. The molecule has 0 unspecified atom stereocenters. The van der Waals surface area contributed by atoms with Crippen LogP contribution in [-0.4, -0.2) is 32.3 Å². The van der Waals surface area contributed by atoms with E-state index in [4.69, 9.17) is 16.3 Å². The second kappa shape index (κ2) is 6.85. The number of fused-ring (bicyclic) bond motifs is 1. The Hall–Kier alpha value is -2.38. The number of nitrogens with one attached hydrogen (secondary N) is 2. The number of H-pyrrole nitrogens is 1. The molecular weight excluding hydrogens is 342 g/mol. The van der Waals surface area contributed by atoms with Gasteiger partial charge in [-0.15, -0.1) is 5.10 Å². The van der Waals surface area contributed by atoms with Crippen molar-refractivity contribution in [2.75, 3.05) is 11.9 Å². The standard InChI is InChI=1S/C17H18ClN5O2/c18-12-3-1-4-13-11(12)6-8-23(13)9-7-15(24)19-17-20-16(21-22-17)14-5-2-10-25-14/h1,3-4,6,8,14H,2,5,7,9-10H2,(H2,19,20,21,22,24)/t14-/m1/s1. The van der Waals surface area contributed by atoms with E-state index in [1.54, 1.807) is 0 Å². The van der Waals surface area contributed by atoms with Crippen molar-refractivity contribution < 1.29 is 9.53 Å². The molecule has 3 heterocycles. The first-order valence-corrected chi connectivity index (χ1v) is 8.65. The van der Waals surface area contributed by atoms with E-state index in [2.05, 4.69) is 20.5 Å². The van der Waals surface area contributed by atoms with Crippen molar-refractivity contribution in [1.29, 1.82) is 0 Å². The van der Waals surface area contributed by atoms with Gasteiger partial charge in [-0.1, -0.05) is 17.7 Å². The second-order valence-corrected chi connectivity index (χ2v) is 6.43. The lowest BCUT2D eigenvalue weighted by atomic mass is 10.2. The summed E-state index contributed by atoms with van der Waals surface area (Å²) in [7, 11) is 0. The monoisotopic (exact) mass is 359 g/mol. The van der Waals surface area contributed by atoms with Crippen molar-refractivity contribution in [2.24, 2.45) is 0 Å². The quantitative estimate of drug-likeness (QED) is 0.732. The predicted molar refractivity (Wildman–Crippen MR) is 94.5 cm³/mol. The van der Waals surface area contributed by atoms with Crippen LogP contribution < -0.4 is 5.32 Å². The third kappa shape index (κ3) is 3.38. The van der Waals surface area contributed by atoms with Crippen molar-refractivity contribution in [3.63, 3.8) is 0 Å². The van der Waals surface area contributed by atoms with Crippen LogP contribution in [0.1, 0.15) is 31.2 Å². The normalized spacial score (nSPS) is 17.2. The predicted octanol–water partition coefficient (Wildman–Crippen LogP) is 3.29. The van der Waals surface area contributed by atoms with Crippen LogP contribution in [0.25, 0.3) is 10.9 Å². The van der Waals surface area contributed by atoms with Crippen molar-refractivity contribution >= 4 is 34.4 Å². The summed E-state index contributed by atoms with van der Waals surface area (Å²) >= 11 is 6.17. The van der Waals surface area contributed by atoms with E-state index in [1.165, 1.54) is 0 Å². The van der Waals surface area contributed by atoms with E-state index < -0.39 is 0 Å². The highest BCUT2D eigenvalue weighted by Gasteiger charge is 2.21. The number of nitrogens with zero attached hydrogens (tertiary/aromatic N) is 3. The largest absolute Gasteiger partial charge is 0.370 e. The molecule has 1 aliphatic rings. The molecule has 2 aromatic heterocycles. The molecule has 0 bridgehead atoms. The van der Waals surface area contributed by atoms with Gasteiger partial charge >= 0.3 is 0 Å². The minimum Gasteiger partial charge on any atom is -0.370 e. The van der Waals surface area contributed by atoms with Crippen molar-refractivity contribution in [1.82, 2.24) is 19.7 Å². The number of rotatable bonds is 5. The highest BCUT2D eigenvalue weighted by molar-refractivity contribution is 6.35. The average molecular weight is 360 g/mol. The van der Waals surface area contributed by atoms with Gasteiger partial charge in [0.2, 0.25) is 11.9 Å². The summed E-state index contributed by atoms with van der Waals surface area (Å²) in [6, 6.07) is 7.71. The Morgan fingerprint density at radius 3 is 3.20 bits per heavy atom. The summed E-state index contributed by atoms with van der Waals surface area (Å²) in [6.45, 7) is 1.29. The summed E-state index contributed by atoms with van der Waals surface area (Å²) in [4.78, 5) is 16.5. The van der Waals surface area contributed by atoms with Crippen molar-refractivity contribution in [3.8, 4) is 0 Å². The smallest absolute Gasteiger partial charge is 0.248 e. The van der Waals surface area contributed by atoms with Crippen LogP contribution in [0, 0.1) is 0 Å². The summed E-state index contributed by atoms with van der Waals surface area (Å²) in [5.74, 6) is 0.816. The van der Waals surface area contributed by atoms with E-state index in [9.17, 15) is 4.79 Å². The summed E-state index contributed by atoms with van der Waals surface area (Å²) in [5.41, 5.74) is 1.01. The molecule has 0 saturated carbocycles. The number of halogens is 1. The Balaban J connectivity index is 1.36. The topological polar surface area (TPSA) is 84.8 Å². The van der Waals surface area contributed by atoms with Crippen molar-refractivity contribution in [3.05, 3.63) is 41.3 Å². The lowest BCUT2D eigenvalue weighted by Crippen LogP contribution is -2.15. The number of aromatic nitrogens is 4. The molecule has 7 nitrogen and oxygen atoms in total. The van der Waals surface area contributed by atoms with E-state index in [-0.39, 0.29) is 18.0 Å². The maximum absolute atomic E-state index is 12.2. The zero-order chi connectivity index (χ0) is 17.2. The Labute approximate surface area is 149 Å². The summed E-state index contributed by atoms with van der Waals surface area (Å²) in [5, 5.41) is 11.3. The Bertz CT molecular complexity index is 897. The molecular formula is C17H18ClN5O2. The summed E-state index contributed by atoms with van der Waals surface area (Å²) in [6.07, 6.45) is 4.15. The molecule has 1 saturated heterocycles. The van der Waals surface area contributed by atoms with Crippen LogP contribution in [0.3, 0.4) is 0 Å². The van der Waals surface area contributed by atoms with Gasteiger partial charge in [0.05, 0.1) is 0 Å². The Kier molecular flexibility index (Phi) is 4.42. The van der Waals surface area contributed by atoms with Crippen LogP contribution in [0.2, 0.25) is 5.02 Å². The van der Waals surface area contributed by atoms with Gasteiger partial charge in [-0.05, 0) is 31.0 Å². The third-order valence-electron chi connectivity index (χ3n) is 4.33. The number of aromatic amines is 1. The number of aryl methyl sites for hydroxylation is 1. The molecule has 1 aliphatic heterocycles. The van der Waals surface area contributed by atoms with E-state index in [0.29, 0.717) is 23.8 Å². The number of benzene rings is 1. The van der Waals surface area contributed by atoms with E-state index in [1.807, 2.05) is 35.0 Å². The maximum Gasteiger partial charge on any atom is 0.248 e. The van der Waals surface area contributed by atoms with Gasteiger partial charge < -0.3 is 9.30 Å². The van der Waals surface area contributed by atoms with Crippen LogP contribution in [-0.2, 0) is 16.1 Å². The van der Waals surface area contributed by atoms with Crippen LogP contribution in [0.4, 0.5) is 5.95 Å². The first-order chi connectivity index (χ1) is 12.2. The molecule has 4 rings (SSSR count). The average Bonchev–Trinajstić information content (AvgIpc) is 3.34. The minimum atomic E-state index is -0.137. The highest BCUT2D eigenvalue weighted by Crippen LogP contribution is 2.26. The molecule has 0 spiro atoms. The molecule has 1 amide bonds. The highest BCUT2D eigenvalue weighted by atomic mass is 35.5. The molecule has 130 valence electrons. The van der Waals surface area contributed by atoms with Gasteiger partial charge in [0.1, 0.15) is 6.10 Å². The number of carbonyl (C=O) groups is 1. The van der Waals surface area contributed by atoms with Gasteiger partial charge in [-0.25, -0.2) is 0 Å². The summed E-state index contributed by atoms with van der Waals surface area (Å²) < 4.78 is 7.55. The molecule has 0 aliphatic carbocycles. The molecule has 8 heteroatoms. The van der Waals surface area contributed by atoms with E-state index >= 15 is 0 Å². The van der Waals surface area contributed by atoms with Gasteiger partial charge in [-0.3, -0.25) is 15.2 Å². The fourth-order valence-electron chi connectivity index (χ4n) is 3.06. The molecule has 1 aromatic carbocycles. The number of amides is 1. The first-order valence-electron chi connectivity index (χ1n) is 8.28. The Morgan fingerprint density at radius 2 is 2.36 bits per heavy atom. The number of carbonyl (C=O) groups excluding carboxylic acids is 1. The van der Waals surface area contributed by atoms with Crippen LogP contribution in [0.5, 0.6) is 0 Å². The molecule has 2 N–H and O–H groups in total. The molecule has 1 fully saturated rings. The Morgan fingerprint density at radius 1 is 1.44 bits per heavy atom. The zero-order valence-electron chi connectivity index (χ0n) is 13.5. The van der Waals surface area contributed by atoms with Crippen LogP contribution in [0.15, 0.2) is 30.5 Å². The SMILES string of the molecule is O=C(CCn1ccc2c(Cl)cccc21)Nc1n[nH]c([C@H]2CCCO2)n1. The molecule has 25 heavy (non-hydrogen) atoms. The molecule has 3 aromatic rings. The maximum atomic E-state index is 12.2.